The molecule has 3 rings (SSSR count). The van der Waals surface area contributed by atoms with Crippen LogP contribution in [0.5, 0.6) is 0 Å². The first-order valence-corrected chi connectivity index (χ1v) is 11.7. The van der Waals surface area contributed by atoms with Crippen LogP contribution in [-0.4, -0.2) is 76.4 Å². The van der Waals surface area contributed by atoms with Crippen LogP contribution in [0.4, 0.5) is 0 Å². The summed E-state index contributed by atoms with van der Waals surface area (Å²) in [7, 11) is 0. The number of ether oxygens (including phenoxy) is 2. The van der Waals surface area contributed by atoms with E-state index in [1.54, 1.807) is 0 Å². The van der Waals surface area contributed by atoms with Crippen molar-refractivity contribution in [2.75, 3.05) is 13.1 Å². The Kier molecular flexibility index (Phi) is 9.00. The van der Waals surface area contributed by atoms with Gasteiger partial charge in [-0.05, 0) is 44.1 Å². The van der Waals surface area contributed by atoms with E-state index in [0.717, 1.165) is 5.56 Å². The highest BCUT2D eigenvalue weighted by Crippen LogP contribution is 2.25. The number of benzene rings is 1. The van der Waals surface area contributed by atoms with Gasteiger partial charge in [0.05, 0.1) is 6.04 Å². The molecule has 0 aliphatic carbocycles. The quantitative estimate of drug-likeness (QED) is 0.403. The lowest BCUT2D eigenvalue weighted by Crippen LogP contribution is -2.62. The van der Waals surface area contributed by atoms with Gasteiger partial charge in [-0.3, -0.25) is 24.7 Å². The van der Waals surface area contributed by atoms with Gasteiger partial charge in [-0.25, -0.2) is 9.80 Å². The zero-order valence-corrected chi connectivity index (χ0v) is 19.6. The fraction of sp³-hybridized carbons (Fsp3) is 0.583. The van der Waals surface area contributed by atoms with E-state index < -0.39 is 42.3 Å². The van der Waals surface area contributed by atoms with Crippen molar-refractivity contribution in [3.63, 3.8) is 0 Å². The molecule has 2 aliphatic rings. The standard InChI is InChI=1S/C24H33N3O7/c1-16(28)33-17(2)34-24(32)21-11-7-15-26-14-6-10-19(22(29)27(21)26)25-20(23(30)31)13-12-18-8-4-3-5-9-18/h3-5,8-9,17,19-21,25H,6-7,10-15H2,1-2H3,(H,30,31). The van der Waals surface area contributed by atoms with Gasteiger partial charge in [0.25, 0.3) is 5.91 Å². The highest BCUT2D eigenvalue weighted by molar-refractivity contribution is 5.88. The Bertz CT molecular complexity index is 879. The molecule has 4 unspecified atom stereocenters. The minimum absolute atomic E-state index is 0.332. The summed E-state index contributed by atoms with van der Waals surface area (Å²) in [5.74, 6) is -2.58. The largest absolute Gasteiger partial charge is 0.480 e. The molecular formula is C24H33N3O7. The number of aryl methyl sites for hydroxylation is 1. The first-order chi connectivity index (χ1) is 16.3. The number of hydrogen-bond donors (Lipinski definition) is 2. The van der Waals surface area contributed by atoms with Crippen molar-refractivity contribution in [2.45, 2.75) is 76.8 Å². The number of amides is 1. The van der Waals surface area contributed by atoms with E-state index >= 15 is 0 Å². The molecule has 34 heavy (non-hydrogen) atoms. The summed E-state index contributed by atoms with van der Waals surface area (Å²) in [6, 6.07) is 7.09. The minimum atomic E-state index is -1.06. The summed E-state index contributed by atoms with van der Waals surface area (Å²) in [5.41, 5.74) is 1.02. The number of fused-ring (bicyclic) bond motifs is 1. The summed E-state index contributed by atoms with van der Waals surface area (Å²) in [5, 5.41) is 16.1. The fourth-order valence-corrected chi connectivity index (χ4v) is 4.52. The Morgan fingerprint density at radius 3 is 2.44 bits per heavy atom. The second kappa shape index (κ2) is 11.9. The molecule has 2 heterocycles. The van der Waals surface area contributed by atoms with Crippen LogP contribution >= 0.6 is 0 Å². The maximum Gasteiger partial charge on any atom is 0.333 e. The number of aliphatic carboxylic acids is 1. The molecular weight excluding hydrogens is 442 g/mol. The van der Waals surface area contributed by atoms with Crippen LogP contribution in [0, 0.1) is 0 Å². The Hall–Kier alpha value is -2.98. The third-order valence-corrected chi connectivity index (χ3v) is 6.08. The van der Waals surface area contributed by atoms with Crippen molar-refractivity contribution in [3.8, 4) is 0 Å². The van der Waals surface area contributed by atoms with Gasteiger partial charge < -0.3 is 14.6 Å². The second-order valence-electron chi connectivity index (χ2n) is 8.69. The van der Waals surface area contributed by atoms with Crippen LogP contribution in [-0.2, 0) is 35.1 Å². The van der Waals surface area contributed by atoms with E-state index in [-0.39, 0.29) is 5.91 Å². The highest BCUT2D eigenvalue weighted by atomic mass is 16.7. The summed E-state index contributed by atoms with van der Waals surface area (Å²) in [4.78, 5) is 49.5. The van der Waals surface area contributed by atoms with Crippen LogP contribution < -0.4 is 5.32 Å². The van der Waals surface area contributed by atoms with Crippen molar-refractivity contribution in [2.24, 2.45) is 0 Å². The van der Waals surface area contributed by atoms with Gasteiger partial charge in [-0.15, -0.1) is 0 Å². The first-order valence-electron chi connectivity index (χ1n) is 11.7. The molecule has 4 atom stereocenters. The van der Waals surface area contributed by atoms with Gasteiger partial charge in [-0.2, -0.15) is 0 Å². The Morgan fingerprint density at radius 2 is 1.79 bits per heavy atom. The fourth-order valence-electron chi connectivity index (χ4n) is 4.52. The third-order valence-electron chi connectivity index (χ3n) is 6.08. The number of carbonyl (C=O) groups excluding carboxylic acids is 3. The van der Waals surface area contributed by atoms with E-state index in [1.807, 2.05) is 35.3 Å². The molecule has 0 spiro atoms. The summed E-state index contributed by atoms with van der Waals surface area (Å²) in [6.45, 7) is 3.86. The number of nitrogens with one attached hydrogen (secondary N) is 1. The number of hydrogen-bond acceptors (Lipinski definition) is 8. The van der Waals surface area contributed by atoms with Crippen LogP contribution in [0.3, 0.4) is 0 Å². The highest BCUT2D eigenvalue weighted by Gasteiger charge is 2.43. The van der Waals surface area contributed by atoms with Crippen LogP contribution in [0.2, 0.25) is 0 Å². The normalized spacial score (nSPS) is 22.8. The van der Waals surface area contributed by atoms with Crippen LogP contribution in [0.25, 0.3) is 0 Å². The number of hydrazine groups is 1. The summed E-state index contributed by atoms with van der Waals surface area (Å²) < 4.78 is 10.1. The zero-order chi connectivity index (χ0) is 24.7. The van der Waals surface area contributed by atoms with E-state index in [4.69, 9.17) is 9.47 Å². The van der Waals surface area contributed by atoms with Crippen molar-refractivity contribution in [1.29, 1.82) is 0 Å². The Balaban J connectivity index is 1.70. The van der Waals surface area contributed by atoms with Crippen LogP contribution in [0.1, 0.15) is 51.5 Å². The van der Waals surface area contributed by atoms with Crippen molar-refractivity contribution in [1.82, 2.24) is 15.3 Å². The Labute approximate surface area is 199 Å². The maximum atomic E-state index is 13.5. The van der Waals surface area contributed by atoms with E-state index in [0.29, 0.717) is 51.6 Å². The lowest BCUT2D eigenvalue weighted by atomic mass is 10.0. The van der Waals surface area contributed by atoms with Crippen LogP contribution in [0.15, 0.2) is 30.3 Å². The SMILES string of the molecule is CC(=O)OC(C)OC(=O)C1CCCN2CCCC(NC(CCc3ccccc3)C(=O)O)C(=O)N12. The molecule has 1 amide bonds. The van der Waals surface area contributed by atoms with Crippen molar-refractivity contribution >= 4 is 23.8 Å². The van der Waals surface area contributed by atoms with Gasteiger partial charge in [0.2, 0.25) is 6.29 Å². The predicted octanol–water partition coefficient (Wildman–Crippen LogP) is 1.48. The third kappa shape index (κ3) is 6.77. The molecule has 10 nitrogen and oxygen atoms in total. The van der Waals surface area contributed by atoms with Gasteiger partial charge in [0.15, 0.2) is 0 Å². The molecule has 0 bridgehead atoms. The summed E-state index contributed by atoms with van der Waals surface area (Å²) >= 11 is 0. The van der Waals surface area contributed by atoms with Gasteiger partial charge in [0.1, 0.15) is 12.1 Å². The average Bonchev–Trinajstić information content (AvgIpc) is 2.95. The Morgan fingerprint density at radius 1 is 1.12 bits per heavy atom. The lowest BCUT2D eigenvalue weighted by molar-refractivity contribution is -0.198. The van der Waals surface area contributed by atoms with Gasteiger partial charge in [0, 0.05) is 26.9 Å². The topological polar surface area (TPSA) is 125 Å². The molecule has 2 fully saturated rings. The minimum Gasteiger partial charge on any atom is -0.480 e. The number of carbonyl (C=O) groups is 4. The number of carboxylic acid groups (broad SMARTS) is 1. The molecule has 10 heteroatoms. The smallest absolute Gasteiger partial charge is 0.333 e. The molecule has 1 aromatic carbocycles. The second-order valence-corrected chi connectivity index (χ2v) is 8.69. The molecule has 0 radical (unpaired) electrons. The molecule has 0 saturated carbocycles. The lowest BCUT2D eigenvalue weighted by Gasteiger charge is -2.43. The molecule has 186 valence electrons. The molecule has 0 aromatic heterocycles. The number of rotatable bonds is 9. The summed E-state index contributed by atoms with van der Waals surface area (Å²) in [6.07, 6.45) is 2.09. The number of esters is 2. The molecule has 2 saturated heterocycles. The van der Waals surface area contributed by atoms with Crippen molar-refractivity contribution in [3.05, 3.63) is 35.9 Å². The van der Waals surface area contributed by atoms with Gasteiger partial charge in [-0.1, -0.05) is 30.3 Å². The van der Waals surface area contributed by atoms with Gasteiger partial charge >= 0.3 is 17.9 Å². The van der Waals surface area contributed by atoms with E-state index in [9.17, 15) is 24.3 Å². The molecule has 2 N–H and O–H groups in total. The average molecular weight is 476 g/mol. The van der Waals surface area contributed by atoms with Crippen molar-refractivity contribution < 1.29 is 33.8 Å². The zero-order valence-electron chi connectivity index (χ0n) is 19.6. The first kappa shape index (κ1) is 25.6. The van der Waals surface area contributed by atoms with E-state index in [2.05, 4.69) is 5.32 Å². The molecule has 1 aromatic rings. The predicted molar refractivity (Wildman–Crippen MR) is 121 cm³/mol. The maximum absolute atomic E-state index is 13.5. The number of nitrogens with zero attached hydrogens (tertiary/aromatic N) is 2. The monoisotopic (exact) mass is 475 g/mol. The van der Waals surface area contributed by atoms with E-state index in [1.165, 1.54) is 18.9 Å². The number of carboxylic acids is 1. The molecule has 2 aliphatic heterocycles.